The molecule has 0 radical (unpaired) electrons. The fourth-order valence-corrected chi connectivity index (χ4v) is 3.83. The molecule has 0 N–H and O–H groups in total. The van der Waals surface area contributed by atoms with Gasteiger partial charge in [-0.1, -0.05) is 6.07 Å². The molecule has 2 aromatic heterocycles. The lowest BCUT2D eigenvalue weighted by atomic mass is 10.4. The molecule has 2 rings (SSSR count). The second-order valence-electron chi connectivity index (χ2n) is 4.10. The molecule has 9 heteroatoms. The molecular formula is C12H14ClN3O3S2. The fourth-order valence-electron chi connectivity index (χ4n) is 1.64. The summed E-state index contributed by atoms with van der Waals surface area (Å²) in [4.78, 5) is 8.41. The van der Waals surface area contributed by atoms with Crippen LogP contribution in [0.5, 0.6) is 0 Å². The highest BCUT2D eigenvalue weighted by atomic mass is 35.5. The van der Waals surface area contributed by atoms with E-state index >= 15 is 0 Å². The molecule has 0 saturated carbocycles. The predicted molar refractivity (Wildman–Crippen MR) is 80.8 cm³/mol. The Morgan fingerprint density at radius 2 is 2.10 bits per heavy atom. The smallest absolute Gasteiger partial charge is 0.246 e. The number of nitrogens with zero attached hydrogens (tertiary/aromatic N) is 3. The van der Waals surface area contributed by atoms with Crippen LogP contribution >= 0.6 is 22.9 Å². The van der Waals surface area contributed by atoms with Crippen molar-refractivity contribution in [1.29, 1.82) is 0 Å². The minimum Gasteiger partial charge on any atom is -0.383 e. The highest BCUT2D eigenvalue weighted by Gasteiger charge is 2.25. The van der Waals surface area contributed by atoms with E-state index in [-0.39, 0.29) is 23.3 Å². The Morgan fingerprint density at radius 3 is 2.67 bits per heavy atom. The molecule has 0 aromatic carbocycles. The molecule has 114 valence electrons. The Labute approximate surface area is 132 Å². The van der Waals surface area contributed by atoms with Crippen molar-refractivity contribution in [3.63, 3.8) is 0 Å². The van der Waals surface area contributed by atoms with Gasteiger partial charge in [-0.3, -0.25) is 0 Å². The third-order valence-electron chi connectivity index (χ3n) is 2.69. The van der Waals surface area contributed by atoms with Crippen LogP contribution in [0, 0.1) is 0 Å². The molecule has 0 aliphatic heterocycles. The zero-order chi connectivity index (χ0) is 15.3. The molecule has 0 unspecified atom stereocenters. The zero-order valence-electron chi connectivity index (χ0n) is 11.3. The molecular weight excluding hydrogens is 334 g/mol. The number of aromatic nitrogens is 2. The molecule has 0 aliphatic carbocycles. The Morgan fingerprint density at radius 1 is 1.38 bits per heavy atom. The van der Waals surface area contributed by atoms with Crippen LogP contribution in [0.2, 0.25) is 5.28 Å². The Balaban J connectivity index is 2.27. The van der Waals surface area contributed by atoms with Crippen LogP contribution in [0.3, 0.4) is 0 Å². The first-order valence-electron chi connectivity index (χ1n) is 6.03. The number of hydrogen-bond donors (Lipinski definition) is 0. The lowest BCUT2D eigenvalue weighted by Crippen LogP contribution is -2.33. The summed E-state index contributed by atoms with van der Waals surface area (Å²) in [6.45, 7) is 0.838. The first kappa shape index (κ1) is 16.3. The second-order valence-corrected chi connectivity index (χ2v) is 7.41. The third-order valence-corrected chi connectivity index (χ3v) is 5.55. The number of sulfonamides is 1. The Kier molecular flexibility index (Phi) is 5.65. The third kappa shape index (κ3) is 4.21. The van der Waals surface area contributed by atoms with Gasteiger partial charge in [0.15, 0.2) is 0 Å². The van der Waals surface area contributed by atoms with Crippen molar-refractivity contribution in [3.8, 4) is 0 Å². The zero-order valence-corrected chi connectivity index (χ0v) is 13.7. The molecule has 21 heavy (non-hydrogen) atoms. The lowest BCUT2D eigenvalue weighted by molar-refractivity contribution is 0.177. The van der Waals surface area contributed by atoms with Gasteiger partial charge >= 0.3 is 0 Å². The second kappa shape index (κ2) is 7.28. The van der Waals surface area contributed by atoms with E-state index in [4.69, 9.17) is 16.3 Å². The standard InChI is InChI=1S/C12H14ClN3O3S2/c1-19-5-4-16(9-10-3-2-6-20-10)21(17,18)11-7-14-12(13)15-8-11/h2-3,6-8H,4-5,9H2,1H3. The van der Waals surface area contributed by atoms with Crippen LogP contribution in [-0.4, -0.2) is 43.0 Å². The van der Waals surface area contributed by atoms with Crippen molar-refractivity contribution < 1.29 is 13.2 Å². The van der Waals surface area contributed by atoms with Gasteiger partial charge in [0.05, 0.1) is 19.0 Å². The molecule has 2 heterocycles. The molecule has 0 fully saturated rings. The predicted octanol–water partition coefficient (Wildman–Crippen LogP) is 2.03. The van der Waals surface area contributed by atoms with Gasteiger partial charge in [-0.2, -0.15) is 4.31 Å². The molecule has 0 bridgehead atoms. The first-order chi connectivity index (χ1) is 10.0. The number of methoxy groups -OCH3 is 1. The van der Waals surface area contributed by atoms with Crippen LogP contribution in [-0.2, 0) is 21.3 Å². The summed E-state index contributed by atoms with van der Waals surface area (Å²) in [6, 6.07) is 3.77. The maximum Gasteiger partial charge on any atom is 0.246 e. The topological polar surface area (TPSA) is 72.4 Å². The molecule has 0 saturated heterocycles. The van der Waals surface area contributed by atoms with Crippen molar-refractivity contribution in [2.45, 2.75) is 11.4 Å². The normalized spacial score (nSPS) is 12.0. The van der Waals surface area contributed by atoms with Gasteiger partial charge in [0.1, 0.15) is 4.90 Å². The van der Waals surface area contributed by atoms with Gasteiger partial charge in [0.2, 0.25) is 15.3 Å². The van der Waals surface area contributed by atoms with Crippen molar-refractivity contribution in [1.82, 2.24) is 14.3 Å². The minimum absolute atomic E-state index is 0.00986. The number of ether oxygens (including phenoxy) is 1. The number of hydrogen-bond acceptors (Lipinski definition) is 6. The maximum absolute atomic E-state index is 12.6. The minimum atomic E-state index is -3.69. The quantitative estimate of drug-likeness (QED) is 0.716. The molecule has 2 aromatic rings. The van der Waals surface area contributed by atoms with E-state index in [0.717, 1.165) is 4.88 Å². The number of thiophene rings is 1. The van der Waals surface area contributed by atoms with Gasteiger partial charge in [0.25, 0.3) is 0 Å². The van der Waals surface area contributed by atoms with Crippen LogP contribution in [0.25, 0.3) is 0 Å². The maximum atomic E-state index is 12.6. The summed E-state index contributed by atoms with van der Waals surface area (Å²) in [5, 5.41) is 1.91. The molecule has 0 spiro atoms. The van der Waals surface area contributed by atoms with Crippen LogP contribution in [0.15, 0.2) is 34.8 Å². The van der Waals surface area contributed by atoms with Gasteiger partial charge in [0, 0.05) is 25.1 Å². The van der Waals surface area contributed by atoms with E-state index in [1.807, 2.05) is 17.5 Å². The summed E-state index contributed by atoms with van der Waals surface area (Å²) < 4.78 is 31.6. The first-order valence-corrected chi connectivity index (χ1v) is 8.73. The average molecular weight is 348 g/mol. The van der Waals surface area contributed by atoms with Crippen LogP contribution in [0.1, 0.15) is 4.88 Å². The van der Waals surface area contributed by atoms with Crippen molar-refractivity contribution in [2.75, 3.05) is 20.3 Å². The fraction of sp³-hybridized carbons (Fsp3) is 0.333. The largest absolute Gasteiger partial charge is 0.383 e. The van der Waals surface area contributed by atoms with Gasteiger partial charge in [-0.25, -0.2) is 18.4 Å². The van der Waals surface area contributed by atoms with E-state index in [9.17, 15) is 8.42 Å². The van der Waals surface area contributed by atoms with Gasteiger partial charge in [-0.15, -0.1) is 11.3 Å². The Hall–Kier alpha value is -1.06. The van der Waals surface area contributed by atoms with Gasteiger partial charge < -0.3 is 4.74 Å². The van der Waals surface area contributed by atoms with E-state index in [2.05, 4.69) is 9.97 Å². The van der Waals surface area contributed by atoms with Crippen molar-refractivity contribution in [2.24, 2.45) is 0 Å². The van der Waals surface area contributed by atoms with E-state index in [0.29, 0.717) is 6.61 Å². The highest BCUT2D eigenvalue weighted by molar-refractivity contribution is 7.89. The van der Waals surface area contributed by atoms with Crippen LogP contribution < -0.4 is 0 Å². The number of rotatable bonds is 7. The summed E-state index contributed by atoms with van der Waals surface area (Å²) in [5.74, 6) is 0. The SMILES string of the molecule is COCCN(Cc1cccs1)S(=O)(=O)c1cnc(Cl)nc1. The average Bonchev–Trinajstić information content (AvgIpc) is 2.96. The summed E-state index contributed by atoms with van der Waals surface area (Å²) in [6.07, 6.45) is 2.41. The summed E-state index contributed by atoms with van der Waals surface area (Å²) in [7, 11) is -2.16. The highest BCUT2D eigenvalue weighted by Crippen LogP contribution is 2.19. The monoisotopic (exact) mass is 347 g/mol. The van der Waals surface area contributed by atoms with Crippen molar-refractivity contribution >= 4 is 33.0 Å². The Bertz CT molecular complexity index is 660. The molecule has 0 aliphatic rings. The van der Waals surface area contributed by atoms with Gasteiger partial charge in [-0.05, 0) is 23.0 Å². The van der Waals surface area contributed by atoms with Crippen LogP contribution in [0.4, 0.5) is 0 Å². The van der Waals surface area contributed by atoms with E-state index in [1.165, 1.54) is 35.1 Å². The molecule has 6 nitrogen and oxygen atoms in total. The van der Waals surface area contributed by atoms with E-state index < -0.39 is 10.0 Å². The molecule has 0 amide bonds. The summed E-state index contributed by atoms with van der Waals surface area (Å²) in [5.41, 5.74) is 0. The lowest BCUT2D eigenvalue weighted by Gasteiger charge is -2.20. The van der Waals surface area contributed by atoms with E-state index in [1.54, 1.807) is 0 Å². The number of halogens is 1. The van der Waals surface area contributed by atoms with Crippen molar-refractivity contribution in [3.05, 3.63) is 40.1 Å². The summed E-state index contributed by atoms with van der Waals surface area (Å²) >= 11 is 7.09. The molecule has 0 atom stereocenters.